The summed E-state index contributed by atoms with van der Waals surface area (Å²) in [6, 6.07) is 22.6. The minimum Gasteiger partial charge on any atom is -0.494 e. The summed E-state index contributed by atoms with van der Waals surface area (Å²) < 4.78 is 7.84. The first kappa shape index (κ1) is 20.0. The Balaban J connectivity index is 1.67. The molecule has 5 heteroatoms. The van der Waals surface area contributed by atoms with Crippen LogP contribution in [0.5, 0.6) is 5.75 Å². The Labute approximate surface area is 177 Å². The molecule has 2 heterocycles. The Kier molecular flexibility index (Phi) is 6.00. The maximum absolute atomic E-state index is 6.08. The number of hydrogen-bond acceptors (Lipinski definition) is 4. The molecule has 4 rings (SSSR count). The molecule has 0 unspecified atom stereocenters. The molecule has 2 N–H and O–H groups in total. The van der Waals surface area contributed by atoms with Gasteiger partial charge in [0.15, 0.2) is 0 Å². The van der Waals surface area contributed by atoms with Crippen molar-refractivity contribution in [2.45, 2.75) is 26.4 Å². The Morgan fingerprint density at radius 2 is 1.73 bits per heavy atom. The van der Waals surface area contributed by atoms with Crippen LogP contribution >= 0.6 is 0 Å². The van der Waals surface area contributed by atoms with Crippen molar-refractivity contribution in [2.75, 3.05) is 19.4 Å². The third-order valence-electron chi connectivity index (χ3n) is 5.06. The summed E-state index contributed by atoms with van der Waals surface area (Å²) in [7, 11) is 2.13. The molecule has 0 aliphatic rings. The summed E-state index contributed by atoms with van der Waals surface area (Å²) in [5, 5.41) is 0. The first-order valence-electron chi connectivity index (χ1n) is 10.4. The quantitative estimate of drug-likeness (QED) is 0.452. The van der Waals surface area contributed by atoms with E-state index in [1.54, 1.807) is 0 Å². The van der Waals surface area contributed by atoms with E-state index in [-0.39, 0.29) is 0 Å². The Morgan fingerprint density at radius 1 is 0.967 bits per heavy atom. The molecule has 0 saturated carbocycles. The van der Waals surface area contributed by atoms with Crippen LogP contribution in [0.2, 0.25) is 0 Å². The number of aromatic nitrogens is 2. The summed E-state index contributed by atoms with van der Waals surface area (Å²) in [5.41, 5.74) is 12.2. The van der Waals surface area contributed by atoms with Crippen LogP contribution in [0.3, 0.4) is 0 Å². The molecule has 0 aliphatic heterocycles. The summed E-state index contributed by atoms with van der Waals surface area (Å²) in [6.07, 6.45) is 2.95. The number of ether oxygens (including phenoxy) is 1. The monoisotopic (exact) mass is 400 g/mol. The molecule has 0 saturated heterocycles. The van der Waals surface area contributed by atoms with E-state index in [0.717, 1.165) is 60.2 Å². The number of benzene rings is 2. The van der Waals surface area contributed by atoms with Crippen molar-refractivity contribution in [3.8, 4) is 17.0 Å². The van der Waals surface area contributed by atoms with E-state index in [1.807, 2.05) is 36.5 Å². The second-order valence-corrected chi connectivity index (χ2v) is 7.63. The highest BCUT2D eigenvalue weighted by atomic mass is 16.5. The molecule has 5 nitrogen and oxygen atoms in total. The van der Waals surface area contributed by atoms with E-state index >= 15 is 0 Å². The molecule has 0 fully saturated rings. The molecule has 0 amide bonds. The van der Waals surface area contributed by atoms with E-state index in [2.05, 4.69) is 59.7 Å². The molecule has 0 aliphatic carbocycles. The summed E-state index contributed by atoms with van der Waals surface area (Å²) in [6.45, 7) is 4.44. The molecule has 0 atom stereocenters. The lowest BCUT2D eigenvalue weighted by atomic mass is 10.1. The fraction of sp³-hybridized carbons (Fsp3) is 0.240. The van der Waals surface area contributed by atoms with Crippen molar-refractivity contribution < 1.29 is 4.74 Å². The van der Waals surface area contributed by atoms with Crippen molar-refractivity contribution in [1.29, 1.82) is 0 Å². The van der Waals surface area contributed by atoms with Gasteiger partial charge in [0.1, 0.15) is 11.4 Å². The van der Waals surface area contributed by atoms with Gasteiger partial charge >= 0.3 is 0 Å². The smallest absolute Gasteiger partial charge is 0.137 e. The van der Waals surface area contributed by atoms with E-state index < -0.39 is 0 Å². The zero-order valence-corrected chi connectivity index (χ0v) is 17.6. The van der Waals surface area contributed by atoms with Crippen LogP contribution in [0.15, 0.2) is 72.9 Å². The lowest BCUT2D eigenvalue weighted by Gasteiger charge is -2.18. The Morgan fingerprint density at radius 3 is 2.47 bits per heavy atom. The van der Waals surface area contributed by atoms with Crippen LogP contribution in [-0.4, -0.2) is 27.9 Å². The fourth-order valence-electron chi connectivity index (χ4n) is 3.63. The number of imidazole rings is 1. The second-order valence-electron chi connectivity index (χ2n) is 7.63. The van der Waals surface area contributed by atoms with Gasteiger partial charge in [-0.15, -0.1) is 0 Å². The standard InChI is InChI=1S/C25H28N4O/c1-3-15-30-22-12-9-20(10-13-22)25-23(29-17-21(26)11-14-24(29)27-25)18-28(2)16-19-7-5-4-6-8-19/h4-14,17H,3,15-16,18,26H2,1-2H3. The first-order chi connectivity index (χ1) is 14.6. The number of pyridine rings is 1. The van der Waals surface area contributed by atoms with Gasteiger partial charge in [0.05, 0.1) is 18.0 Å². The lowest BCUT2D eigenvalue weighted by molar-refractivity contribution is 0.314. The third-order valence-corrected chi connectivity index (χ3v) is 5.06. The first-order valence-corrected chi connectivity index (χ1v) is 10.4. The molecule has 2 aromatic carbocycles. The van der Waals surface area contributed by atoms with Crippen LogP contribution < -0.4 is 10.5 Å². The molecule has 154 valence electrons. The molecule has 0 spiro atoms. The highest BCUT2D eigenvalue weighted by Crippen LogP contribution is 2.28. The summed E-state index contributed by atoms with van der Waals surface area (Å²) in [5.74, 6) is 0.886. The van der Waals surface area contributed by atoms with Gasteiger partial charge in [-0.2, -0.15) is 0 Å². The van der Waals surface area contributed by atoms with E-state index in [9.17, 15) is 0 Å². The van der Waals surface area contributed by atoms with Gasteiger partial charge in [0.2, 0.25) is 0 Å². The number of nitrogen functional groups attached to an aromatic ring is 1. The highest BCUT2D eigenvalue weighted by molar-refractivity contribution is 5.68. The predicted octanol–water partition coefficient (Wildman–Crippen LogP) is 5.00. The van der Waals surface area contributed by atoms with Crippen LogP contribution in [-0.2, 0) is 13.1 Å². The van der Waals surface area contributed by atoms with Gasteiger partial charge in [-0.3, -0.25) is 4.90 Å². The fourth-order valence-corrected chi connectivity index (χ4v) is 3.63. The summed E-state index contributed by atoms with van der Waals surface area (Å²) in [4.78, 5) is 7.21. The van der Waals surface area contributed by atoms with E-state index in [1.165, 1.54) is 5.56 Å². The number of fused-ring (bicyclic) bond motifs is 1. The largest absolute Gasteiger partial charge is 0.494 e. The van der Waals surface area contributed by atoms with Crippen LogP contribution in [0.4, 0.5) is 5.69 Å². The lowest BCUT2D eigenvalue weighted by Crippen LogP contribution is -2.18. The number of hydrogen-bond donors (Lipinski definition) is 1. The van der Waals surface area contributed by atoms with Crippen LogP contribution in [0, 0.1) is 0 Å². The Hall–Kier alpha value is -3.31. The second kappa shape index (κ2) is 9.01. The van der Waals surface area contributed by atoms with E-state index in [4.69, 9.17) is 15.5 Å². The minimum atomic E-state index is 0.724. The zero-order chi connectivity index (χ0) is 20.9. The summed E-state index contributed by atoms with van der Waals surface area (Å²) >= 11 is 0. The van der Waals surface area contributed by atoms with Crippen molar-refractivity contribution in [3.05, 3.63) is 84.2 Å². The number of anilines is 1. The molecular formula is C25H28N4O. The van der Waals surface area contributed by atoms with Gasteiger partial charge in [-0.1, -0.05) is 37.3 Å². The van der Waals surface area contributed by atoms with Gasteiger partial charge in [-0.25, -0.2) is 4.98 Å². The van der Waals surface area contributed by atoms with Gasteiger partial charge in [-0.05, 0) is 55.4 Å². The van der Waals surface area contributed by atoms with Crippen molar-refractivity contribution in [3.63, 3.8) is 0 Å². The highest BCUT2D eigenvalue weighted by Gasteiger charge is 2.16. The molecule has 30 heavy (non-hydrogen) atoms. The van der Waals surface area contributed by atoms with Gasteiger partial charge < -0.3 is 14.9 Å². The maximum Gasteiger partial charge on any atom is 0.137 e. The van der Waals surface area contributed by atoms with Gasteiger partial charge in [0, 0.05) is 30.5 Å². The Bertz CT molecular complexity index is 1100. The number of nitrogens with two attached hydrogens (primary N) is 1. The average Bonchev–Trinajstić information content (AvgIpc) is 3.10. The molecule has 2 aromatic heterocycles. The number of nitrogens with zero attached hydrogens (tertiary/aromatic N) is 3. The van der Waals surface area contributed by atoms with Crippen LogP contribution in [0.1, 0.15) is 24.6 Å². The van der Waals surface area contributed by atoms with E-state index in [0.29, 0.717) is 0 Å². The molecule has 0 radical (unpaired) electrons. The minimum absolute atomic E-state index is 0.724. The average molecular weight is 401 g/mol. The molecule has 0 bridgehead atoms. The molecule has 4 aromatic rings. The van der Waals surface area contributed by atoms with Crippen molar-refractivity contribution >= 4 is 11.3 Å². The normalized spacial score (nSPS) is 11.3. The molecular weight excluding hydrogens is 372 g/mol. The number of rotatable bonds is 8. The van der Waals surface area contributed by atoms with Crippen molar-refractivity contribution in [2.24, 2.45) is 0 Å². The van der Waals surface area contributed by atoms with Crippen LogP contribution in [0.25, 0.3) is 16.9 Å². The predicted molar refractivity (Wildman–Crippen MR) is 122 cm³/mol. The third kappa shape index (κ3) is 4.47. The topological polar surface area (TPSA) is 55.8 Å². The maximum atomic E-state index is 6.08. The van der Waals surface area contributed by atoms with Crippen molar-refractivity contribution in [1.82, 2.24) is 14.3 Å². The zero-order valence-electron chi connectivity index (χ0n) is 17.6. The van der Waals surface area contributed by atoms with Gasteiger partial charge in [0.25, 0.3) is 0 Å². The SMILES string of the molecule is CCCOc1ccc(-c2nc3ccc(N)cn3c2CN(C)Cc2ccccc2)cc1.